The number of imide groups is 1. The highest BCUT2D eigenvalue weighted by Crippen LogP contribution is 2.48. The van der Waals surface area contributed by atoms with Crippen molar-refractivity contribution in [1.82, 2.24) is 4.90 Å². The topological polar surface area (TPSA) is 57.7 Å². The second-order valence-corrected chi connectivity index (χ2v) is 8.52. The predicted molar refractivity (Wildman–Crippen MR) is 110 cm³/mol. The van der Waals surface area contributed by atoms with Gasteiger partial charge < -0.3 is 0 Å². The van der Waals surface area contributed by atoms with Crippen molar-refractivity contribution < 1.29 is 14.4 Å². The Morgan fingerprint density at radius 3 is 2.10 bits per heavy atom. The molecule has 29 heavy (non-hydrogen) atoms. The Labute approximate surface area is 170 Å². The molecule has 148 valence electrons. The van der Waals surface area contributed by atoms with Crippen LogP contribution in [0.2, 0.25) is 0 Å². The van der Waals surface area contributed by atoms with Crippen LogP contribution in [0, 0.1) is 25.7 Å². The maximum atomic E-state index is 13.5. The molecule has 3 aliphatic heterocycles. The Kier molecular flexibility index (Phi) is 4.17. The van der Waals surface area contributed by atoms with Gasteiger partial charge in [0, 0.05) is 11.6 Å². The van der Waals surface area contributed by atoms with E-state index in [9.17, 15) is 14.4 Å². The van der Waals surface area contributed by atoms with Gasteiger partial charge in [0.1, 0.15) is 0 Å². The van der Waals surface area contributed by atoms with E-state index in [1.54, 1.807) is 0 Å². The third kappa shape index (κ3) is 2.68. The number of rotatable bonds is 3. The Hall–Kier alpha value is -2.79. The summed E-state index contributed by atoms with van der Waals surface area (Å²) >= 11 is 0. The summed E-state index contributed by atoms with van der Waals surface area (Å²) in [4.78, 5) is 43.7. The monoisotopic (exact) mass is 388 g/mol. The average molecular weight is 388 g/mol. The first-order valence-corrected chi connectivity index (χ1v) is 10.3. The highest BCUT2D eigenvalue weighted by Gasteiger charge is 2.64. The lowest BCUT2D eigenvalue weighted by atomic mass is 9.85. The first kappa shape index (κ1) is 18.3. The van der Waals surface area contributed by atoms with Crippen LogP contribution in [0.4, 0.5) is 5.69 Å². The normalized spacial score (nSPS) is 28.7. The predicted octanol–water partition coefficient (Wildman–Crippen LogP) is 3.14. The molecule has 5 nitrogen and oxygen atoms in total. The van der Waals surface area contributed by atoms with Gasteiger partial charge in [-0.15, -0.1) is 0 Å². The number of nitrogens with zero attached hydrogens (tertiary/aromatic N) is 2. The van der Waals surface area contributed by atoms with E-state index in [0.29, 0.717) is 11.3 Å². The number of benzene rings is 2. The van der Waals surface area contributed by atoms with Crippen LogP contribution in [0.15, 0.2) is 48.5 Å². The van der Waals surface area contributed by atoms with Gasteiger partial charge in [0.05, 0.1) is 23.6 Å². The average Bonchev–Trinajstić information content (AvgIpc) is 3.35. The lowest BCUT2D eigenvalue weighted by molar-refractivity contribution is -0.123. The van der Waals surface area contributed by atoms with Crippen LogP contribution in [0.25, 0.3) is 0 Å². The molecule has 0 bridgehead atoms. The Bertz CT molecular complexity index is 996. The van der Waals surface area contributed by atoms with E-state index in [1.165, 1.54) is 4.90 Å². The van der Waals surface area contributed by atoms with Gasteiger partial charge in [-0.25, -0.2) is 4.90 Å². The fraction of sp³-hybridized carbons (Fsp3) is 0.375. The Balaban J connectivity index is 1.54. The molecule has 3 fully saturated rings. The standard InChI is InChI=1S/C24H24N2O3/c1-14-5-9-16(10-6-14)22(27)21-20-19(18-4-3-13-25(18)21)23(28)26(24(20)29)17-11-7-15(2)8-12-17/h5-12,18-21H,3-4,13H2,1-2H3/t18-,19-,20-,21+/m1/s1. The van der Waals surface area contributed by atoms with Crippen LogP contribution in [0.5, 0.6) is 0 Å². The van der Waals surface area contributed by atoms with E-state index in [0.717, 1.165) is 30.5 Å². The lowest BCUT2D eigenvalue weighted by Crippen LogP contribution is -2.46. The highest BCUT2D eigenvalue weighted by atomic mass is 16.2. The number of amides is 2. The summed E-state index contributed by atoms with van der Waals surface area (Å²) in [5, 5.41) is 0. The van der Waals surface area contributed by atoms with Crippen molar-refractivity contribution in [1.29, 1.82) is 0 Å². The lowest BCUT2D eigenvalue weighted by Gasteiger charge is -2.27. The second kappa shape index (κ2) is 6.63. The minimum absolute atomic E-state index is 0.0219. The maximum Gasteiger partial charge on any atom is 0.239 e. The van der Waals surface area contributed by atoms with E-state index >= 15 is 0 Å². The molecule has 2 aromatic rings. The number of carbonyl (C=O) groups excluding carboxylic acids is 3. The number of aryl methyl sites for hydroxylation is 2. The first-order chi connectivity index (χ1) is 14.0. The van der Waals surface area contributed by atoms with E-state index in [2.05, 4.69) is 4.90 Å². The van der Waals surface area contributed by atoms with Gasteiger partial charge >= 0.3 is 0 Å². The molecule has 0 N–H and O–H groups in total. The van der Waals surface area contributed by atoms with Gasteiger partial charge in [0.15, 0.2) is 5.78 Å². The largest absolute Gasteiger partial charge is 0.292 e. The third-order valence-corrected chi connectivity index (χ3v) is 6.75. The van der Waals surface area contributed by atoms with Crippen LogP contribution in [0.3, 0.4) is 0 Å². The maximum absolute atomic E-state index is 13.5. The van der Waals surface area contributed by atoms with Crippen molar-refractivity contribution in [2.75, 3.05) is 11.4 Å². The third-order valence-electron chi connectivity index (χ3n) is 6.75. The minimum Gasteiger partial charge on any atom is -0.292 e. The molecule has 3 heterocycles. The molecule has 5 rings (SSSR count). The summed E-state index contributed by atoms with van der Waals surface area (Å²) < 4.78 is 0. The summed E-state index contributed by atoms with van der Waals surface area (Å²) in [6.07, 6.45) is 1.82. The zero-order valence-electron chi connectivity index (χ0n) is 16.7. The SMILES string of the molecule is Cc1ccc(C(=O)[C@@H]2[C@@H]3C(=O)N(c4ccc(C)cc4)C(=O)[C@@H]3[C@H]3CCCN32)cc1. The van der Waals surface area contributed by atoms with Crippen LogP contribution in [-0.2, 0) is 9.59 Å². The Morgan fingerprint density at radius 1 is 0.862 bits per heavy atom. The van der Waals surface area contributed by atoms with Crippen LogP contribution < -0.4 is 4.90 Å². The molecule has 0 saturated carbocycles. The summed E-state index contributed by atoms with van der Waals surface area (Å²) in [5.74, 6) is -1.45. The molecule has 2 aromatic carbocycles. The molecule has 0 aliphatic carbocycles. The van der Waals surface area contributed by atoms with Crippen molar-refractivity contribution in [3.63, 3.8) is 0 Å². The molecule has 0 spiro atoms. The van der Waals surface area contributed by atoms with Crippen molar-refractivity contribution in [2.45, 2.75) is 38.8 Å². The second-order valence-electron chi connectivity index (χ2n) is 8.52. The zero-order chi connectivity index (χ0) is 20.3. The van der Waals surface area contributed by atoms with Crippen molar-refractivity contribution in [3.05, 3.63) is 65.2 Å². The fourth-order valence-corrected chi connectivity index (χ4v) is 5.35. The van der Waals surface area contributed by atoms with Crippen LogP contribution >= 0.6 is 0 Å². The van der Waals surface area contributed by atoms with E-state index in [1.807, 2.05) is 62.4 Å². The zero-order valence-corrected chi connectivity index (χ0v) is 16.7. The summed E-state index contributed by atoms with van der Waals surface area (Å²) in [6, 6.07) is 14.4. The molecule has 2 amide bonds. The minimum atomic E-state index is -0.595. The number of ketones is 1. The number of fused-ring (bicyclic) bond motifs is 3. The molecule has 0 aromatic heterocycles. The molecular weight excluding hydrogens is 364 g/mol. The fourth-order valence-electron chi connectivity index (χ4n) is 5.35. The molecule has 3 aliphatic rings. The Morgan fingerprint density at radius 2 is 1.45 bits per heavy atom. The van der Waals surface area contributed by atoms with Crippen LogP contribution in [-0.4, -0.2) is 41.1 Å². The number of Topliss-reactive ketones (excluding diaryl/α,β-unsaturated/α-hetero) is 1. The summed E-state index contributed by atoms with van der Waals surface area (Å²) in [7, 11) is 0. The quantitative estimate of drug-likeness (QED) is 0.599. The van der Waals surface area contributed by atoms with E-state index < -0.39 is 17.9 Å². The number of anilines is 1. The van der Waals surface area contributed by atoms with Crippen molar-refractivity contribution >= 4 is 23.3 Å². The molecule has 0 radical (unpaired) electrons. The molecular formula is C24H24N2O3. The highest BCUT2D eigenvalue weighted by molar-refractivity contribution is 6.24. The number of carbonyl (C=O) groups is 3. The van der Waals surface area contributed by atoms with Gasteiger partial charge in [-0.3, -0.25) is 19.3 Å². The molecule has 5 heteroatoms. The van der Waals surface area contributed by atoms with E-state index in [4.69, 9.17) is 0 Å². The molecule has 0 unspecified atom stereocenters. The van der Waals surface area contributed by atoms with Gasteiger partial charge in [-0.1, -0.05) is 47.5 Å². The number of hydrogen-bond donors (Lipinski definition) is 0. The molecule has 4 atom stereocenters. The summed E-state index contributed by atoms with van der Waals surface area (Å²) in [6.45, 7) is 4.72. The van der Waals surface area contributed by atoms with Crippen LogP contribution in [0.1, 0.15) is 34.3 Å². The van der Waals surface area contributed by atoms with Crippen molar-refractivity contribution in [3.8, 4) is 0 Å². The number of hydrogen-bond acceptors (Lipinski definition) is 4. The summed E-state index contributed by atoms with van der Waals surface area (Å²) in [5.41, 5.74) is 3.37. The van der Waals surface area contributed by atoms with Gasteiger partial charge in [0.2, 0.25) is 11.8 Å². The van der Waals surface area contributed by atoms with E-state index in [-0.39, 0.29) is 23.6 Å². The smallest absolute Gasteiger partial charge is 0.239 e. The van der Waals surface area contributed by atoms with Gasteiger partial charge in [-0.05, 0) is 45.4 Å². The van der Waals surface area contributed by atoms with Gasteiger partial charge in [-0.2, -0.15) is 0 Å². The molecule has 3 saturated heterocycles. The van der Waals surface area contributed by atoms with Crippen molar-refractivity contribution in [2.24, 2.45) is 11.8 Å². The van der Waals surface area contributed by atoms with Gasteiger partial charge in [0.25, 0.3) is 0 Å². The first-order valence-electron chi connectivity index (χ1n) is 10.3.